The van der Waals surface area contributed by atoms with Crippen LogP contribution in [0, 0.1) is 10.1 Å². The molecule has 4 rings (SSSR count). The Labute approximate surface area is 324 Å². The number of aryl methyl sites for hydroxylation is 1. The SMILES string of the molecule is CC(C)(C)OC(=O)NC(CC(=O)O)c1ccccc1.CCOC(=O)[C@H](Oc1ncc(-c2cnn(C)c2)cc1[N+](=O)[O-])[C@H](NC(=O)OC(C)(C)C)c1ccccc1. The molecule has 17 nitrogen and oxygen atoms in total. The van der Waals surface area contributed by atoms with Crippen molar-refractivity contribution in [1.82, 2.24) is 25.4 Å². The van der Waals surface area contributed by atoms with Crippen LogP contribution >= 0.6 is 0 Å². The van der Waals surface area contributed by atoms with Crippen LogP contribution in [0.5, 0.6) is 5.88 Å². The largest absolute Gasteiger partial charge is 0.481 e. The Morgan fingerprint density at radius 3 is 1.89 bits per heavy atom. The molecule has 2 aromatic carbocycles. The van der Waals surface area contributed by atoms with E-state index in [1.165, 1.54) is 12.3 Å². The highest BCUT2D eigenvalue weighted by atomic mass is 16.6. The predicted molar refractivity (Wildman–Crippen MR) is 204 cm³/mol. The van der Waals surface area contributed by atoms with Crippen molar-refractivity contribution in [2.45, 2.75) is 84.3 Å². The number of aromatic nitrogens is 3. The summed E-state index contributed by atoms with van der Waals surface area (Å²) in [4.78, 5) is 63.7. The maximum atomic E-state index is 13.1. The van der Waals surface area contributed by atoms with Crippen LogP contribution in [0.25, 0.3) is 11.1 Å². The molecule has 0 radical (unpaired) electrons. The van der Waals surface area contributed by atoms with Crippen molar-refractivity contribution in [3.8, 4) is 17.0 Å². The number of carboxylic acid groups (broad SMARTS) is 1. The summed E-state index contributed by atoms with van der Waals surface area (Å²) in [7, 11) is 1.72. The summed E-state index contributed by atoms with van der Waals surface area (Å²) in [5.41, 5.74) is 0.367. The lowest BCUT2D eigenvalue weighted by Gasteiger charge is -2.28. The molecule has 1 unspecified atom stereocenters. The molecule has 0 aliphatic carbocycles. The average Bonchev–Trinajstić information content (AvgIpc) is 3.55. The molecule has 0 spiro atoms. The van der Waals surface area contributed by atoms with Gasteiger partial charge >= 0.3 is 29.8 Å². The lowest BCUT2D eigenvalue weighted by atomic mass is 10.0. The number of hydrogen-bond acceptors (Lipinski definition) is 12. The highest BCUT2D eigenvalue weighted by Gasteiger charge is 2.38. The van der Waals surface area contributed by atoms with Crippen LogP contribution in [-0.4, -0.2) is 72.8 Å². The minimum Gasteiger partial charge on any atom is -0.481 e. The number of carbonyl (C=O) groups excluding carboxylic acids is 3. The normalized spacial score (nSPS) is 12.7. The Balaban J connectivity index is 0.000000372. The summed E-state index contributed by atoms with van der Waals surface area (Å²) in [6.07, 6.45) is 1.45. The zero-order valence-corrected chi connectivity index (χ0v) is 32.5. The number of ether oxygens (including phenoxy) is 4. The fraction of sp³-hybridized carbons (Fsp3) is 0.385. The highest BCUT2D eigenvalue weighted by molar-refractivity contribution is 5.78. The van der Waals surface area contributed by atoms with E-state index in [2.05, 4.69) is 20.7 Å². The maximum Gasteiger partial charge on any atom is 0.408 e. The van der Waals surface area contributed by atoms with Crippen LogP contribution in [-0.2, 0) is 30.8 Å². The molecule has 0 saturated carbocycles. The number of carbonyl (C=O) groups is 4. The van der Waals surface area contributed by atoms with Crippen LogP contribution in [0.15, 0.2) is 85.3 Å². The Kier molecular flexibility index (Phi) is 15.4. The second kappa shape index (κ2) is 19.7. The molecule has 56 heavy (non-hydrogen) atoms. The second-order valence-corrected chi connectivity index (χ2v) is 14.2. The third kappa shape index (κ3) is 14.4. The predicted octanol–water partition coefficient (Wildman–Crippen LogP) is 6.69. The standard InChI is InChI=1S/C25H29N5O7.C14H19NO4/c1-6-35-23(31)21(20(16-10-8-7-9-11-16)28-24(32)37-25(2,3)4)36-22-19(30(33)34)12-17(13-26-22)18-14-27-29(5)15-18;1-14(2,3)19-13(18)15-11(9-12(16)17)10-7-5-4-6-8-10/h7-15,20-21H,6H2,1-5H3,(H,28,32);4-8,11H,9H2,1-3H3,(H,15,18)(H,16,17)/t20-,21-;/m1./s1. The number of pyridine rings is 1. The Bertz CT molecular complexity index is 1940. The van der Waals surface area contributed by atoms with Crippen molar-refractivity contribution in [2.75, 3.05) is 6.61 Å². The van der Waals surface area contributed by atoms with Gasteiger partial charge in [0.1, 0.15) is 17.2 Å². The van der Waals surface area contributed by atoms with Gasteiger partial charge in [-0.2, -0.15) is 5.10 Å². The number of esters is 1. The molecule has 0 saturated heterocycles. The first-order valence-electron chi connectivity index (χ1n) is 17.5. The molecular formula is C39H48N6O11. The lowest BCUT2D eigenvalue weighted by Crippen LogP contribution is -2.46. The number of alkyl carbamates (subject to hydrolysis) is 2. The number of nitro groups is 1. The van der Waals surface area contributed by atoms with Crippen LogP contribution in [0.2, 0.25) is 0 Å². The van der Waals surface area contributed by atoms with Gasteiger partial charge in [-0.1, -0.05) is 60.7 Å². The molecule has 0 bridgehead atoms. The first-order chi connectivity index (χ1) is 26.3. The summed E-state index contributed by atoms with van der Waals surface area (Å²) in [6.45, 7) is 12.0. The minimum atomic E-state index is -1.52. The topological polar surface area (TPSA) is 223 Å². The van der Waals surface area contributed by atoms with Crippen molar-refractivity contribution in [3.05, 3.63) is 107 Å². The monoisotopic (exact) mass is 776 g/mol. The highest BCUT2D eigenvalue weighted by Crippen LogP contribution is 2.33. The minimum absolute atomic E-state index is 0.0160. The van der Waals surface area contributed by atoms with E-state index in [1.807, 2.05) is 6.07 Å². The van der Waals surface area contributed by atoms with Gasteiger partial charge in [-0.25, -0.2) is 19.4 Å². The third-order valence-electron chi connectivity index (χ3n) is 7.23. The quantitative estimate of drug-likeness (QED) is 0.0558. The van der Waals surface area contributed by atoms with Crippen LogP contribution in [0.1, 0.15) is 78.1 Å². The van der Waals surface area contributed by atoms with E-state index in [-0.39, 0.29) is 13.0 Å². The zero-order chi connectivity index (χ0) is 41.6. The fourth-order valence-electron chi connectivity index (χ4n) is 4.98. The second-order valence-electron chi connectivity index (χ2n) is 14.2. The fourth-order valence-corrected chi connectivity index (χ4v) is 4.98. The number of hydrogen-bond donors (Lipinski definition) is 3. The van der Waals surface area contributed by atoms with Gasteiger partial charge in [0, 0.05) is 36.6 Å². The number of nitrogens with one attached hydrogen (secondary N) is 2. The third-order valence-corrected chi connectivity index (χ3v) is 7.23. The lowest BCUT2D eigenvalue weighted by molar-refractivity contribution is -0.386. The van der Waals surface area contributed by atoms with Gasteiger partial charge in [0.25, 0.3) is 5.88 Å². The van der Waals surface area contributed by atoms with Gasteiger partial charge in [0.2, 0.25) is 6.10 Å². The smallest absolute Gasteiger partial charge is 0.408 e. The average molecular weight is 777 g/mol. The Morgan fingerprint density at radius 2 is 1.41 bits per heavy atom. The van der Waals surface area contributed by atoms with Crippen LogP contribution in [0.3, 0.4) is 0 Å². The van der Waals surface area contributed by atoms with Gasteiger partial charge in [-0.3, -0.25) is 19.6 Å². The van der Waals surface area contributed by atoms with E-state index < -0.39 is 70.0 Å². The summed E-state index contributed by atoms with van der Waals surface area (Å²) in [6, 6.07) is 17.0. The molecule has 0 aliphatic heterocycles. The zero-order valence-electron chi connectivity index (χ0n) is 32.5. The molecule has 300 valence electrons. The van der Waals surface area contributed by atoms with Gasteiger partial charge in [-0.15, -0.1) is 0 Å². The van der Waals surface area contributed by atoms with Crippen LogP contribution < -0.4 is 15.4 Å². The van der Waals surface area contributed by atoms with E-state index in [9.17, 15) is 29.3 Å². The number of benzene rings is 2. The molecule has 0 fully saturated rings. The van der Waals surface area contributed by atoms with E-state index >= 15 is 0 Å². The first kappa shape index (κ1) is 43.9. The summed E-state index contributed by atoms with van der Waals surface area (Å²) >= 11 is 0. The van der Waals surface area contributed by atoms with E-state index in [1.54, 1.807) is 127 Å². The van der Waals surface area contributed by atoms with E-state index in [4.69, 9.17) is 24.1 Å². The molecular weight excluding hydrogens is 728 g/mol. The number of rotatable bonds is 13. The summed E-state index contributed by atoms with van der Waals surface area (Å²) in [5, 5.41) is 30.1. The summed E-state index contributed by atoms with van der Waals surface area (Å²) < 4.78 is 23.1. The van der Waals surface area contributed by atoms with Gasteiger partial charge in [0.05, 0.1) is 30.2 Å². The molecule has 2 heterocycles. The van der Waals surface area contributed by atoms with Crippen LogP contribution in [0.4, 0.5) is 15.3 Å². The van der Waals surface area contributed by atoms with Crippen molar-refractivity contribution in [1.29, 1.82) is 0 Å². The molecule has 2 amide bonds. The Morgan fingerprint density at radius 1 is 0.857 bits per heavy atom. The van der Waals surface area contributed by atoms with Crippen molar-refractivity contribution >= 4 is 29.8 Å². The summed E-state index contributed by atoms with van der Waals surface area (Å²) in [5.74, 6) is -2.24. The number of aliphatic carboxylic acids is 1. The molecule has 4 aromatic rings. The molecule has 2 aromatic heterocycles. The van der Waals surface area contributed by atoms with Crippen molar-refractivity contribution in [3.63, 3.8) is 0 Å². The maximum absolute atomic E-state index is 13.1. The Hall–Kier alpha value is -6.52. The first-order valence-corrected chi connectivity index (χ1v) is 17.5. The molecule has 3 atom stereocenters. The van der Waals surface area contributed by atoms with E-state index in [0.29, 0.717) is 16.7 Å². The number of amides is 2. The molecule has 0 aliphatic rings. The van der Waals surface area contributed by atoms with Crippen molar-refractivity contribution < 1.29 is 48.2 Å². The molecule has 3 N–H and O–H groups in total. The number of nitrogens with zero attached hydrogens (tertiary/aromatic N) is 4. The van der Waals surface area contributed by atoms with Crippen molar-refractivity contribution in [2.24, 2.45) is 7.05 Å². The molecule has 17 heteroatoms. The van der Waals surface area contributed by atoms with Gasteiger partial charge in [-0.05, 0) is 59.6 Å². The van der Waals surface area contributed by atoms with E-state index in [0.717, 1.165) is 5.56 Å². The van der Waals surface area contributed by atoms with Gasteiger partial charge < -0.3 is 34.7 Å². The number of carboxylic acids is 1. The van der Waals surface area contributed by atoms with Gasteiger partial charge in [0.15, 0.2) is 0 Å².